The van der Waals surface area contributed by atoms with Crippen LogP contribution in [-0.2, 0) is 0 Å². The molecule has 2 aromatic rings. The summed E-state index contributed by atoms with van der Waals surface area (Å²) in [5, 5.41) is 10.1. The molecule has 0 radical (unpaired) electrons. The molecule has 1 heterocycles. The molecule has 0 unspecified atom stereocenters. The topological polar surface area (TPSA) is 76.0 Å². The van der Waals surface area contributed by atoms with Crippen molar-refractivity contribution in [2.45, 2.75) is 13.3 Å². The highest BCUT2D eigenvalue weighted by molar-refractivity contribution is 5.92. The zero-order valence-corrected chi connectivity index (χ0v) is 12.6. The first-order valence-electron chi connectivity index (χ1n) is 7.37. The number of benzene rings is 1. The van der Waals surface area contributed by atoms with E-state index in [4.69, 9.17) is 0 Å². The molecule has 2 rings (SSSR count). The van der Waals surface area contributed by atoms with E-state index >= 15 is 0 Å². The van der Waals surface area contributed by atoms with Gasteiger partial charge in [-0.25, -0.2) is 0 Å². The number of aromatic nitrogens is 2. The molecule has 0 fully saturated rings. The van der Waals surface area contributed by atoms with Crippen molar-refractivity contribution in [1.82, 2.24) is 20.4 Å². The highest BCUT2D eigenvalue weighted by Gasteiger charge is 2.09. The van der Waals surface area contributed by atoms with Crippen LogP contribution in [0.5, 0.6) is 0 Å². The second-order valence-corrected chi connectivity index (χ2v) is 4.81. The van der Waals surface area contributed by atoms with E-state index in [1.54, 1.807) is 12.1 Å². The van der Waals surface area contributed by atoms with E-state index in [9.17, 15) is 9.59 Å². The molecule has 1 amide bonds. The van der Waals surface area contributed by atoms with E-state index in [0.29, 0.717) is 18.8 Å². The summed E-state index contributed by atoms with van der Waals surface area (Å²) in [7, 11) is 0. The molecule has 6 heteroatoms. The monoisotopic (exact) mass is 300 g/mol. The Labute approximate surface area is 129 Å². The van der Waals surface area contributed by atoms with E-state index in [1.165, 1.54) is 16.8 Å². The van der Waals surface area contributed by atoms with Gasteiger partial charge < -0.3 is 10.6 Å². The molecule has 0 bridgehead atoms. The molecule has 0 saturated carbocycles. The van der Waals surface area contributed by atoms with Gasteiger partial charge in [0.2, 0.25) is 0 Å². The number of carbonyl (C=O) groups is 1. The molecule has 1 aromatic heterocycles. The van der Waals surface area contributed by atoms with Crippen LogP contribution >= 0.6 is 0 Å². The minimum atomic E-state index is -0.289. The minimum absolute atomic E-state index is 0.221. The fourth-order valence-corrected chi connectivity index (χ4v) is 1.94. The molecular formula is C16H20N4O2. The van der Waals surface area contributed by atoms with Gasteiger partial charge >= 0.3 is 0 Å². The van der Waals surface area contributed by atoms with Crippen molar-refractivity contribution in [3.8, 4) is 5.69 Å². The summed E-state index contributed by atoms with van der Waals surface area (Å²) in [6.07, 6.45) is 1.05. The molecule has 0 aliphatic rings. The lowest BCUT2D eigenvalue weighted by atomic mass is 10.3. The lowest BCUT2D eigenvalue weighted by Gasteiger charge is -2.08. The average Bonchev–Trinajstić information content (AvgIpc) is 2.55. The summed E-state index contributed by atoms with van der Waals surface area (Å²) in [6, 6.07) is 11.8. The van der Waals surface area contributed by atoms with Gasteiger partial charge in [0.05, 0.1) is 5.69 Å². The molecule has 1 aromatic carbocycles. The Kier molecular flexibility index (Phi) is 5.85. The molecule has 0 saturated heterocycles. The Balaban J connectivity index is 2.06. The Morgan fingerprint density at radius 3 is 2.59 bits per heavy atom. The normalized spacial score (nSPS) is 10.4. The van der Waals surface area contributed by atoms with Crippen molar-refractivity contribution < 1.29 is 4.79 Å². The third kappa shape index (κ3) is 4.26. The van der Waals surface area contributed by atoms with Crippen LogP contribution in [0, 0.1) is 0 Å². The molecule has 22 heavy (non-hydrogen) atoms. The van der Waals surface area contributed by atoms with Crippen LogP contribution in [0.25, 0.3) is 5.69 Å². The van der Waals surface area contributed by atoms with Crippen molar-refractivity contribution in [2.24, 2.45) is 0 Å². The van der Waals surface area contributed by atoms with Gasteiger partial charge in [-0.05, 0) is 31.2 Å². The van der Waals surface area contributed by atoms with Crippen LogP contribution < -0.4 is 16.2 Å². The van der Waals surface area contributed by atoms with Crippen LogP contribution in [0.2, 0.25) is 0 Å². The first-order valence-corrected chi connectivity index (χ1v) is 7.37. The molecule has 0 spiro atoms. The van der Waals surface area contributed by atoms with E-state index < -0.39 is 0 Å². The van der Waals surface area contributed by atoms with Crippen molar-refractivity contribution in [2.75, 3.05) is 19.6 Å². The number of carbonyl (C=O) groups excluding carboxylic acids is 1. The zero-order chi connectivity index (χ0) is 15.8. The molecular weight excluding hydrogens is 280 g/mol. The number of nitrogens with zero attached hydrogens (tertiary/aromatic N) is 2. The smallest absolute Gasteiger partial charge is 0.271 e. The summed E-state index contributed by atoms with van der Waals surface area (Å²) < 4.78 is 1.23. The third-order valence-corrected chi connectivity index (χ3v) is 3.05. The number of hydrogen-bond acceptors (Lipinski definition) is 4. The largest absolute Gasteiger partial charge is 0.349 e. The Bertz CT molecular complexity index is 667. The molecule has 6 nitrogen and oxygen atoms in total. The van der Waals surface area contributed by atoms with Gasteiger partial charge in [0.15, 0.2) is 0 Å². The van der Waals surface area contributed by atoms with Crippen molar-refractivity contribution in [3.05, 3.63) is 58.5 Å². The fourth-order valence-electron chi connectivity index (χ4n) is 1.94. The van der Waals surface area contributed by atoms with Gasteiger partial charge in [-0.1, -0.05) is 25.1 Å². The van der Waals surface area contributed by atoms with Crippen LogP contribution in [-0.4, -0.2) is 35.3 Å². The number of hydrogen-bond donors (Lipinski definition) is 2. The first-order chi connectivity index (χ1) is 10.7. The number of nitrogens with one attached hydrogen (secondary N) is 2. The number of amides is 1. The Hall–Kier alpha value is -2.47. The highest BCUT2D eigenvalue weighted by Crippen LogP contribution is 2.02. The minimum Gasteiger partial charge on any atom is -0.349 e. The molecule has 0 aliphatic heterocycles. The number of rotatable bonds is 7. The van der Waals surface area contributed by atoms with Gasteiger partial charge in [0.25, 0.3) is 11.5 Å². The zero-order valence-electron chi connectivity index (χ0n) is 12.6. The Morgan fingerprint density at radius 1 is 1.09 bits per heavy atom. The van der Waals surface area contributed by atoms with Crippen LogP contribution in [0.1, 0.15) is 23.8 Å². The SMILES string of the molecule is CCCNCCNC(=O)c1ccc(=O)n(-c2ccccc2)n1. The molecule has 0 atom stereocenters. The lowest BCUT2D eigenvalue weighted by Crippen LogP contribution is -2.34. The van der Waals surface area contributed by atoms with Gasteiger partial charge in [0.1, 0.15) is 5.69 Å². The average molecular weight is 300 g/mol. The summed E-state index contributed by atoms with van der Waals surface area (Å²) in [5.74, 6) is -0.289. The first kappa shape index (κ1) is 15.9. The molecule has 0 aliphatic carbocycles. The van der Waals surface area contributed by atoms with Gasteiger partial charge in [0, 0.05) is 19.2 Å². The summed E-state index contributed by atoms with van der Waals surface area (Å²) >= 11 is 0. The summed E-state index contributed by atoms with van der Waals surface area (Å²) in [4.78, 5) is 23.9. The number of para-hydroxylation sites is 1. The van der Waals surface area contributed by atoms with E-state index in [-0.39, 0.29) is 17.2 Å². The van der Waals surface area contributed by atoms with Gasteiger partial charge in [-0.3, -0.25) is 9.59 Å². The second-order valence-electron chi connectivity index (χ2n) is 4.81. The van der Waals surface area contributed by atoms with Crippen LogP contribution in [0.3, 0.4) is 0 Å². The molecule has 2 N–H and O–H groups in total. The predicted octanol–water partition coefficient (Wildman–Crippen LogP) is 0.962. The van der Waals surface area contributed by atoms with E-state index in [2.05, 4.69) is 22.7 Å². The second kappa shape index (κ2) is 8.09. The van der Waals surface area contributed by atoms with E-state index in [0.717, 1.165) is 13.0 Å². The maximum Gasteiger partial charge on any atom is 0.271 e. The van der Waals surface area contributed by atoms with Crippen molar-refractivity contribution in [1.29, 1.82) is 0 Å². The van der Waals surface area contributed by atoms with Crippen LogP contribution in [0.4, 0.5) is 0 Å². The summed E-state index contributed by atoms with van der Waals surface area (Å²) in [6.45, 7) is 4.23. The molecule has 116 valence electrons. The lowest BCUT2D eigenvalue weighted by molar-refractivity contribution is 0.0947. The van der Waals surface area contributed by atoms with Crippen molar-refractivity contribution >= 4 is 5.91 Å². The maximum absolute atomic E-state index is 12.1. The maximum atomic E-state index is 12.1. The Morgan fingerprint density at radius 2 is 1.86 bits per heavy atom. The standard InChI is InChI=1S/C16H20N4O2/c1-2-10-17-11-12-18-16(22)14-8-9-15(21)20(19-14)13-6-4-3-5-7-13/h3-9,17H,2,10-12H2,1H3,(H,18,22). The predicted molar refractivity (Wildman–Crippen MR) is 85.3 cm³/mol. The van der Waals surface area contributed by atoms with Crippen molar-refractivity contribution in [3.63, 3.8) is 0 Å². The third-order valence-electron chi connectivity index (χ3n) is 3.05. The van der Waals surface area contributed by atoms with Crippen LogP contribution in [0.15, 0.2) is 47.3 Å². The van der Waals surface area contributed by atoms with E-state index in [1.807, 2.05) is 18.2 Å². The quantitative estimate of drug-likeness (QED) is 0.747. The van der Waals surface area contributed by atoms with Gasteiger partial charge in [-0.15, -0.1) is 0 Å². The highest BCUT2D eigenvalue weighted by atomic mass is 16.2. The summed E-state index contributed by atoms with van der Waals surface area (Å²) in [5.41, 5.74) is 0.582. The van der Waals surface area contributed by atoms with Gasteiger partial charge in [-0.2, -0.15) is 9.78 Å². The fraction of sp³-hybridized carbons (Fsp3) is 0.312.